The molecule has 0 radical (unpaired) electrons. The van der Waals surface area contributed by atoms with E-state index in [1.807, 2.05) is 74.5 Å². The van der Waals surface area contributed by atoms with Crippen molar-refractivity contribution in [3.63, 3.8) is 0 Å². The molecule has 0 saturated heterocycles. The molecule has 0 saturated carbocycles. The zero-order chi connectivity index (χ0) is 15.2. The van der Waals surface area contributed by atoms with Crippen LogP contribution < -0.4 is 11.1 Å². The first-order chi connectivity index (χ1) is 10.1. The van der Waals surface area contributed by atoms with Crippen molar-refractivity contribution < 1.29 is 4.79 Å². The topological polar surface area (TPSA) is 55.1 Å². The maximum absolute atomic E-state index is 12.3. The van der Waals surface area contributed by atoms with E-state index < -0.39 is 6.04 Å². The van der Waals surface area contributed by atoms with Gasteiger partial charge in [0.15, 0.2) is 0 Å². The van der Waals surface area contributed by atoms with Crippen molar-refractivity contribution in [1.82, 2.24) is 5.32 Å². The second-order valence-corrected chi connectivity index (χ2v) is 5.53. The number of carbonyl (C=O) groups is 1. The molecule has 0 bridgehead atoms. The standard InChI is InChI=1S/C18H22N2O/c1-13(2)16(19)18(21)20-17(14-9-5-3-6-10-14)15-11-7-4-8-12-15/h3-13,16-17H,19H2,1-2H3,(H,20,21)/t16-/m1/s1. The third-order valence-corrected chi connectivity index (χ3v) is 3.57. The molecule has 1 atom stereocenters. The molecule has 0 heterocycles. The van der Waals surface area contributed by atoms with Crippen molar-refractivity contribution >= 4 is 5.91 Å². The highest BCUT2D eigenvalue weighted by atomic mass is 16.2. The Labute approximate surface area is 126 Å². The van der Waals surface area contributed by atoms with Gasteiger partial charge in [0.1, 0.15) is 0 Å². The molecule has 21 heavy (non-hydrogen) atoms. The lowest BCUT2D eigenvalue weighted by molar-refractivity contribution is -0.123. The second kappa shape index (κ2) is 7.04. The monoisotopic (exact) mass is 282 g/mol. The van der Waals surface area contributed by atoms with Gasteiger partial charge in [-0.3, -0.25) is 4.79 Å². The van der Waals surface area contributed by atoms with Gasteiger partial charge in [0.05, 0.1) is 12.1 Å². The molecule has 0 fully saturated rings. The van der Waals surface area contributed by atoms with Gasteiger partial charge in [-0.05, 0) is 17.0 Å². The summed E-state index contributed by atoms with van der Waals surface area (Å²) in [6.45, 7) is 3.90. The van der Waals surface area contributed by atoms with Crippen molar-refractivity contribution in [2.45, 2.75) is 25.9 Å². The fourth-order valence-electron chi connectivity index (χ4n) is 2.19. The van der Waals surface area contributed by atoms with Crippen LogP contribution in [-0.2, 0) is 4.79 Å². The van der Waals surface area contributed by atoms with Crippen LogP contribution in [0.15, 0.2) is 60.7 Å². The lowest BCUT2D eigenvalue weighted by atomic mass is 9.97. The molecule has 3 N–H and O–H groups in total. The first kappa shape index (κ1) is 15.3. The molecule has 2 rings (SSSR count). The summed E-state index contributed by atoms with van der Waals surface area (Å²) >= 11 is 0. The summed E-state index contributed by atoms with van der Waals surface area (Å²) in [7, 11) is 0. The minimum Gasteiger partial charge on any atom is -0.344 e. The number of carbonyl (C=O) groups excluding carboxylic acids is 1. The zero-order valence-electron chi connectivity index (χ0n) is 12.5. The molecular weight excluding hydrogens is 260 g/mol. The Morgan fingerprint density at radius 2 is 1.33 bits per heavy atom. The third kappa shape index (κ3) is 3.92. The van der Waals surface area contributed by atoms with Crippen molar-refractivity contribution in [2.24, 2.45) is 11.7 Å². The summed E-state index contributed by atoms with van der Waals surface area (Å²) in [5.41, 5.74) is 8.05. The van der Waals surface area contributed by atoms with E-state index in [0.717, 1.165) is 11.1 Å². The van der Waals surface area contributed by atoms with Gasteiger partial charge in [-0.25, -0.2) is 0 Å². The van der Waals surface area contributed by atoms with Crippen molar-refractivity contribution in [1.29, 1.82) is 0 Å². The molecule has 1 amide bonds. The number of nitrogens with one attached hydrogen (secondary N) is 1. The van der Waals surface area contributed by atoms with Crippen LogP contribution in [0.25, 0.3) is 0 Å². The van der Waals surface area contributed by atoms with Gasteiger partial charge in [-0.1, -0.05) is 74.5 Å². The smallest absolute Gasteiger partial charge is 0.237 e. The van der Waals surface area contributed by atoms with Gasteiger partial charge in [-0.2, -0.15) is 0 Å². The van der Waals surface area contributed by atoms with E-state index in [1.54, 1.807) is 0 Å². The van der Waals surface area contributed by atoms with Gasteiger partial charge in [0.25, 0.3) is 0 Å². The Morgan fingerprint density at radius 3 is 1.71 bits per heavy atom. The van der Waals surface area contributed by atoms with Gasteiger partial charge in [0.2, 0.25) is 5.91 Å². The van der Waals surface area contributed by atoms with E-state index >= 15 is 0 Å². The quantitative estimate of drug-likeness (QED) is 0.886. The maximum atomic E-state index is 12.3. The van der Waals surface area contributed by atoms with Gasteiger partial charge in [-0.15, -0.1) is 0 Å². The van der Waals surface area contributed by atoms with Crippen molar-refractivity contribution in [3.8, 4) is 0 Å². The molecule has 2 aromatic rings. The molecule has 0 spiro atoms. The fourth-order valence-corrected chi connectivity index (χ4v) is 2.19. The Morgan fingerprint density at radius 1 is 0.905 bits per heavy atom. The predicted octanol–water partition coefficient (Wildman–Crippen LogP) is 2.88. The van der Waals surface area contributed by atoms with Crippen LogP contribution in [0.1, 0.15) is 31.0 Å². The number of nitrogens with two attached hydrogens (primary N) is 1. The van der Waals surface area contributed by atoms with Crippen LogP contribution in [-0.4, -0.2) is 11.9 Å². The number of hydrogen-bond acceptors (Lipinski definition) is 2. The van der Waals surface area contributed by atoms with Crippen molar-refractivity contribution in [3.05, 3.63) is 71.8 Å². The lowest BCUT2D eigenvalue weighted by Gasteiger charge is -2.23. The van der Waals surface area contributed by atoms with Gasteiger partial charge < -0.3 is 11.1 Å². The van der Waals surface area contributed by atoms with Crippen LogP contribution in [0, 0.1) is 5.92 Å². The van der Waals surface area contributed by atoms with E-state index in [0.29, 0.717) is 0 Å². The number of amides is 1. The third-order valence-electron chi connectivity index (χ3n) is 3.57. The minimum absolute atomic E-state index is 0.109. The van der Waals surface area contributed by atoms with E-state index in [1.165, 1.54) is 0 Å². The number of hydrogen-bond donors (Lipinski definition) is 2. The normalized spacial score (nSPS) is 12.4. The molecule has 0 aliphatic heterocycles. The second-order valence-electron chi connectivity index (χ2n) is 5.53. The van der Waals surface area contributed by atoms with Crippen LogP contribution >= 0.6 is 0 Å². The van der Waals surface area contributed by atoms with Crippen LogP contribution in [0.4, 0.5) is 0 Å². The first-order valence-corrected chi connectivity index (χ1v) is 7.25. The highest BCUT2D eigenvalue weighted by molar-refractivity contribution is 5.82. The summed E-state index contributed by atoms with van der Waals surface area (Å²) in [6, 6.07) is 19.2. The first-order valence-electron chi connectivity index (χ1n) is 7.25. The average molecular weight is 282 g/mol. The SMILES string of the molecule is CC(C)[C@@H](N)C(=O)NC(c1ccccc1)c1ccccc1. The maximum Gasteiger partial charge on any atom is 0.237 e. The Bertz CT molecular complexity index is 527. The summed E-state index contributed by atoms with van der Waals surface area (Å²) in [6.07, 6.45) is 0. The van der Waals surface area contributed by atoms with Crippen LogP contribution in [0.2, 0.25) is 0 Å². The van der Waals surface area contributed by atoms with Gasteiger partial charge >= 0.3 is 0 Å². The molecule has 0 aliphatic rings. The largest absolute Gasteiger partial charge is 0.344 e. The Hall–Kier alpha value is -2.13. The van der Waals surface area contributed by atoms with Crippen LogP contribution in [0.3, 0.4) is 0 Å². The lowest BCUT2D eigenvalue weighted by Crippen LogP contribution is -2.45. The van der Waals surface area contributed by atoms with Crippen LogP contribution in [0.5, 0.6) is 0 Å². The predicted molar refractivity (Wildman–Crippen MR) is 85.7 cm³/mol. The molecule has 0 aliphatic carbocycles. The molecule has 3 nitrogen and oxygen atoms in total. The minimum atomic E-state index is -0.500. The number of rotatable bonds is 5. The number of benzene rings is 2. The molecular formula is C18H22N2O. The van der Waals surface area contributed by atoms with E-state index in [2.05, 4.69) is 5.32 Å². The fraction of sp³-hybridized carbons (Fsp3) is 0.278. The molecule has 3 heteroatoms. The average Bonchev–Trinajstić information content (AvgIpc) is 2.53. The van der Waals surface area contributed by atoms with Gasteiger partial charge in [0, 0.05) is 0 Å². The van der Waals surface area contributed by atoms with E-state index in [9.17, 15) is 4.79 Å². The zero-order valence-corrected chi connectivity index (χ0v) is 12.5. The molecule has 0 aromatic heterocycles. The van der Waals surface area contributed by atoms with Crippen molar-refractivity contribution in [2.75, 3.05) is 0 Å². The summed E-state index contributed by atoms with van der Waals surface area (Å²) in [4.78, 5) is 12.3. The van der Waals surface area contributed by atoms with E-state index in [4.69, 9.17) is 5.73 Å². The Balaban J connectivity index is 2.28. The summed E-state index contributed by atoms with van der Waals surface area (Å²) in [5, 5.41) is 3.07. The molecule has 110 valence electrons. The molecule has 0 unspecified atom stereocenters. The highest BCUT2D eigenvalue weighted by Crippen LogP contribution is 2.22. The summed E-state index contributed by atoms with van der Waals surface area (Å²) in [5.74, 6) is -0.0140. The Kier molecular flexibility index (Phi) is 5.12. The van der Waals surface area contributed by atoms with E-state index in [-0.39, 0.29) is 17.9 Å². The summed E-state index contributed by atoms with van der Waals surface area (Å²) < 4.78 is 0. The highest BCUT2D eigenvalue weighted by Gasteiger charge is 2.22. The molecule has 2 aromatic carbocycles.